The molecule has 1 unspecified atom stereocenters. The molecule has 0 saturated heterocycles. The maximum Gasteiger partial charge on any atom is 0.324 e. The standard InChI is InChI=1S/C10H12Br2N2O2/c1-2-10(13,9(15)16)5-6-3-4-14-8(12)7(6)11/h3-4H,2,5,13H2,1H3,(H,15,16). The van der Waals surface area contributed by atoms with Crippen molar-refractivity contribution >= 4 is 37.8 Å². The number of hydrogen-bond donors (Lipinski definition) is 2. The van der Waals surface area contributed by atoms with Crippen LogP contribution in [0.3, 0.4) is 0 Å². The minimum Gasteiger partial charge on any atom is -0.480 e. The zero-order chi connectivity index (χ0) is 12.3. The number of carboxylic acid groups (broad SMARTS) is 1. The molecule has 3 N–H and O–H groups in total. The minimum absolute atomic E-state index is 0.264. The lowest BCUT2D eigenvalue weighted by Crippen LogP contribution is -2.49. The van der Waals surface area contributed by atoms with Gasteiger partial charge in [-0.1, -0.05) is 6.92 Å². The van der Waals surface area contributed by atoms with E-state index in [9.17, 15) is 4.79 Å². The van der Waals surface area contributed by atoms with Gasteiger partial charge in [-0.05, 0) is 49.9 Å². The number of carbonyl (C=O) groups is 1. The summed E-state index contributed by atoms with van der Waals surface area (Å²) < 4.78 is 1.40. The molecule has 16 heavy (non-hydrogen) atoms. The second-order valence-electron chi connectivity index (χ2n) is 3.57. The second kappa shape index (κ2) is 5.25. The molecule has 0 fully saturated rings. The van der Waals surface area contributed by atoms with Crippen LogP contribution in [-0.2, 0) is 11.2 Å². The van der Waals surface area contributed by atoms with Crippen LogP contribution in [0.25, 0.3) is 0 Å². The number of rotatable bonds is 4. The summed E-state index contributed by atoms with van der Waals surface area (Å²) in [6, 6.07) is 1.76. The summed E-state index contributed by atoms with van der Waals surface area (Å²) >= 11 is 6.62. The molecule has 1 aromatic heterocycles. The van der Waals surface area contributed by atoms with Crippen LogP contribution in [0.2, 0.25) is 0 Å². The number of pyridine rings is 1. The fraction of sp³-hybridized carbons (Fsp3) is 0.400. The number of carboxylic acids is 1. The molecule has 0 saturated carbocycles. The van der Waals surface area contributed by atoms with Crippen molar-refractivity contribution in [3.05, 3.63) is 26.9 Å². The van der Waals surface area contributed by atoms with Gasteiger partial charge in [-0.15, -0.1) is 0 Å². The molecule has 0 amide bonds. The van der Waals surface area contributed by atoms with Crippen LogP contribution in [0.4, 0.5) is 0 Å². The Kier molecular flexibility index (Phi) is 4.46. The Balaban J connectivity index is 3.04. The molecule has 0 aliphatic heterocycles. The van der Waals surface area contributed by atoms with Gasteiger partial charge in [0, 0.05) is 12.6 Å². The van der Waals surface area contributed by atoms with Gasteiger partial charge < -0.3 is 10.8 Å². The van der Waals surface area contributed by atoms with Gasteiger partial charge >= 0.3 is 5.97 Å². The Bertz CT molecular complexity index is 412. The fourth-order valence-corrected chi connectivity index (χ4v) is 2.03. The first kappa shape index (κ1) is 13.6. The Morgan fingerprint density at radius 3 is 2.75 bits per heavy atom. The van der Waals surface area contributed by atoms with Crippen LogP contribution in [0, 0.1) is 0 Å². The lowest BCUT2D eigenvalue weighted by molar-refractivity contribution is -0.143. The maximum absolute atomic E-state index is 11.1. The molecular weight excluding hydrogens is 340 g/mol. The number of nitrogens with zero attached hydrogens (tertiary/aromatic N) is 1. The van der Waals surface area contributed by atoms with Crippen molar-refractivity contribution in [2.24, 2.45) is 5.73 Å². The minimum atomic E-state index is -1.23. The molecule has 0 aromatic carbocycles. The van der Waals surface area contributed by atoms with Crippen LogP contribution in [0.15, 0.2) is 21.3 Å². The first-order chi connectivity index (χ1) is 7.40. The highest BCUT2D eigenvalue weighted by atomic mass is 79.9. The average molecular weight is 352 g/mol. The third-order valence-electron chi connectivity index (χ3n) is 2.49. The molecule has 1 rings (SSSR count). The average Bonchev–Trinajstić information content (AvgIpc) is 2.24. The Hall–Kier alpha value is -0.460. The molecule has 0 spiro atoms. The van der Waals surface area contributed by atoms with Gasteiger partial charge in [-0.2, -0.15) is 0 Å². The Morgan fingerprint density at radius 2 is 2.25 bits per heavy atom. The molecule has 1 atom stereocenters. The van der Waals surface area contributed by atoms with E-state index in [4.69, 9.17) is 10.8 Å². The quantitative estimate of drug-likeness (QED) is 0.816. The van der Waals surface area contributed by atoms with E-state index in [1.807, 2.05) is 0 Å². The number of nitrogens with two attached hydrogens (primary N) is 1. The molecular formula is C10H12Br2N2O2. The molecule has 0 aliphatic rings. The fourth-order valence-electron chi connectivity index (χ4n) is 1.28. The summed E-state index contributed by atoms with van der Waals surface area (Å²) in [4.78, 5) is 15.1. The molecule has 0 bridgehead atoms. The Morgan fingerprint density at radius 1 is 1.62 bits per heavy atom. The van der Waals surface area contributed by atoms with E-state index in [2.05, 4.69) is 36.8 Å². The molecule has 1 heterocycles. The van der Waals surface area contributed by atoms with E-state index in [0.717, 1.165) is 10.0 Å². The SMILES string of the molecule is CCC(N)(Cc1ccnc(Br)c1Br)C(=O)O. The maximum atomic E-state index is 11.1. The van der Waals surface area contributed by atoms with Gasteiger partial charge in [0.2, 0.25) is 0 Å². The summed E-state index contributed by atoms with van der Waals surface area (Å²) in [5, 5.41) is 9.09. The number of halogens is 2. The summed E-state index contributed by atoms with van der Waals surface area (Å²) in [6.45, 7) is 1.76. The van der Waals surface area contributed by atoms with E-state index < -0.39 is 11.5 Å². The predicted molar refractivity (Wildman–Crippen MR) is 68.2 cm³/mol. The van der Waals surface area contributed by atoms with Gasteiger partial charge in [-0.25, -0.2) is 4.98 Å². The zero-order valence-corrected chi connectivity index (χ0v) is 11.9. The first-order valence-electron chi connectivity index (χ1n) is 4.72. The molecule has 4 nitrogen and oxygen atoms in total. The highest BCUT2D eigenvalue weighted by molar-refractivity contribution is 9.13. The molecule has 6 heteroatoms. The summed E-state index contributed by atoms with van der Waals surface area (Å²) in [5.74, 6) is -0.991. The summed E-state index contributed by atoms with van der Waals surface area (Å²) in [7, 11) is 0. The van der Waals surface area contributed by atoms with Gasteiger partial charge in [0.05, 0.1) is 4.47 Å². The van der Waals surface area contributed by atoms with Crippen LogP contribution in [-0.4, -0.2) is 21.6 Å². The lowest BCUT2D eigenvalue weighted by Gasteiger charge is -2.23. The number of aliphatic carboxylic acids is 1. The van der Waals surface area contributed by atoms with Crippen molar-refractivity contribution in [3.8, 4) is 0 Å². The largest absolute Gasteiger partial charge is 0.480 e. The van der Waals surface area contributed by atoms with Gasteiger partial charge in [0.1, 0.15) is 10.1 Å². The smallest absolute Gasteiger partial charge is 0.324 e. The van der Waals surface area contributed by atoms with Crippen molar-refractivity contribution in [2.45, 2.75) is 25.3 Å². The molecule has 0 aliphatic carbocycles. The summed E-state index contributed by atoms with van der Waals surface area (Å²) in [5.41, 5.74) is 5.43. The van der Waals surface area contributed by atoms with Crippen molar-refractivity contribution in [3.63, 3.8) is 0 Å². The normalized spacial score (nSPS) is 14.5. The van der Waals surface area contributed by atoms with E-state index in [1.165, 1.54) is 0 Å². The van der Waals surface area contributed by atoms with E-state index in [0.29, 0.717) is 11.0 Å². The highest BCUT2D eigenvalue weighted by Crippen LogP contribution is 2.27. The van der Waals surface area contributed by atoms with Gasteiger partial charge in [0.15, 0.2) is 0 Å². The number of aromatic nitrogens is 1. The van der Waals surface area contributed by atoms with E-state index in [-0.39, 0.29) is 6.42 Å². The van der Waals surface area contributed by atoms with E-state index >= 15 is 0 Å². The topological polar surface area (TPSA) is 76.2 Å². The monoisotopic (exact) mass is 350 g/mol. The van der Waals surface area contributed by atoms with Crippen LogP contribution < -0.4 is 5.73 Å². The van der Waals surface area contributed by atoms with Crippen LogP contribution in [0.1, 0.15) is 18.9 Å². The van der Waals surface area contributed by atoms with Crippen molar-refractivity contribution in [1.82, 2.24) is 4.98 Å². The highest BCUT2D eigenvalue weighted by Gasteiger charge is 2.32. The van der Waals surface area contributed by atoms with E-state index in [1.54, 1.807) is 19.2 Å². The van der Waals surface area contributed by atoms with Gasteiger partial charge in [-0.3, -0.25) is 4.79 Å². The number of hydrogen-bond acceptors (Lipinski definition) is 3. The third-order valence-corrected chi connectivity index (χ3v) is 4.51. The lowest BCUT2D eigenvalue weighted by atomic mass is 9.90. The molecule has 88 valence electrons. The van der Waals surface area contributed by atoms with Crippen LogP contribution in [0.5, 0.6) is 0 Å². The third kappa shape index (κ3) is 2.81. The second-order valence-corrected chi connectivity index (χ2v) is 5.11. The molecule has 0 radical (unpaired) electrons. The van der Waals surface area contributed by atoms with Crippen LogP contribution >= 0.6 is 31.9 Å². The van der Waals surface area contributed by atoms with Crippen molar-refractivity contribution < 1.29 is 9.90 Å². The van der Waals surface area contributed by atoms with Gasteiger partial charge in [0.25, 0.3) is 0 Å². The zero-order valence-electron chi connectivity index (χ0n) is 8.70. The molecule has 1 aromatic rings. The predicted octanol–water partition coefficient (Wildman–Crippen LogP) is 2.34. The Labute approximate surface area is 111 Å². The van der Waals surface area contributed by atoms with Crippen molar-refractivity contribution in [1.29, 1.82) is 0 Å². The summed E-state index contributed by atoms with van der Waals surface area (Å²) in [6.07, 6.45) is 2.25. The first-order valence-corrected chi connectivity index (χ1v) is 6.30. The van der Waals surface area contributed by atoms with Crippen molar-refractivity contribution in [2.75, 3.05) is 0 Å².